The van der Waals surface area contributed by atoms with Gasteiger partial charge in [0.2, 0.25) is 0 Å². The number of aromatic amines is 1. The Morgan fingerprint density at radius 1 is 1.14 bits per heavy atom. The van der Waals surface area contributed by atoms with Gasteiger partial charge in [0.05, 0.1) is 11.0 Å². The zero-order valence-corrected chi connectivity index (χ0v) is 12.6. The predicted molar refractivity (Wildman–Crippen MR) is 83.2 cm³/mol. The minimum atomic E-state index is 0.609. The largest absolute Gasteiger partial charge is 0.486 e. The molecule has 1 aliphatic heterocycles. The average Bonchev–Trinajstić information content (AvgIpc) is 2.90. The molecular formula is C16H23N3O2. The summed E-state index contributed by atoms with van der Waals surface area (Å²) in [5.74, 6) is 2.61. The van der Waals surface area contributed by atoms with Crippen LogP contribution in [-0.2, 0) is 6.42 Å². The Bertz CT molecular complexity index is 551. The van der Waals surface area contributed by atoms with Crippen molar-refractivity contribution in [3.05, 3.63) is 18.0 Å². The lowest BCUT2D eigenvalue weighted by atomic mass is 10.2. The molecule has 0 bridgehead atoms. The van der Waals surface area contributed by atoms with Crippen LogP contribution in [0.5, 0.6) is 11.5 Å². The van der Waals surface area contributed by atoms with Crippen LogP contribution in [0.4, 0.5) is 0 Å². The number of H-pyrrole nitrogens is 1. The smallest absolute Gasteiger partial charge is 0.163 e. The monoisotopic (exact) mass is 289 g/mol. The fourth-order valence-corrected chi connectivity index (χ4v) is 2.55. The van der Waals surface area contributed by atoms with Crippen LogP contribution in [0.2, 0.25) is 0 Å². The molecule has 114 valence electrons. The molecule has 0 saturated carbocycles. The fraction of sp³-hybridized carbons (Fsp3) is 0.562. The van der Waals surface area contributed by atoms with E-state index in [1.54, 1.807) is 0 Å². The van der Waals surface area contributed by atoms with Crippen LogP contribution in [-0.4, -0.2) is 36.3 Å². The minimum Gasteiger partial charge on any atom is -0.486 e. The third-order valence-corrected chi connectivity index (χ3v) is 3.69. The van der Waals surface area contributed by atoms with Gasteiger partial charge in [-0.15, -0.1) is 0 Å². The van der Waals surface area contributed by atoms with Crippen molar-refractivity contribution in [3.63, 3.8) is 0 Å². The highest BCUT2D eigenvalue weighted by Gasteiger charge is 2.14. The molecule has 0 unspecified atom stereocenters. The molecule has 0 spiro atoms. The molecule has 0 aliphatic carbocycles. The summed E-state index contributed by atoms with van der Waals surface area (Å²) in [6, 6.07) is 3.94. The summed E-state index contributed by atoms with van der Waals surface area (Å²) >= 11 is 0. The van der Waals surface area contributed by atoms with Crippen molar-refractivity contribution in [1.82, 2.24) is 15.3 Å². The number of benzene rings is 1. The number of aromatic nitrogens is 2. The number of nitrogens with one attached hydrogen (secondary N) is 2. The van der Waals surface area contributed by atoms with E-state index in [9.17, 15) is 0 Å². The third-order valence-electron chi connectivity index (χ3n) is 3.69. The summed E-state index contributed by atoms with van der Waals surface area (Å²) in [6.07, 6.45) is 4.72. The van der Waals surface area contributed by atoms with Crippen LogP contribution in [0.25, 0.3) is 11.0 Å². The Hall–Kier alpha value is -1.75. The zero-order chi connectivity index (χ0) is 14.5. The maximum Gasteiger partial charge on any atom is 0.163 e. The van der Waals surface area contributed by atoms with Crippen LogP contribution in [0.3, 0.4) is 0 Å². The van der Waals surface area contributed by atoms with Crippen molar-refractivity contribution in [2.75, 3.05) is 26.3 Å². The van der Waals surface area contributed by atoms with E-state index in [-0.39, 0.29) is 0 Å². The van der Waals surface area contributed by atoms with Gasteiger partial charge >= 0.3 is 0 Å². The predicted octanol–water partition coefficient (Wildman–Crippen LogP) is 2.66. The first-order valence-electron chi connectivity index (χ1n) is 7.86. The fourth-order valence-electron chi connectivity index (χ4n) is 2.55. The maximum absolute atomic E-state index is 5.59. The van der Waals surface area contributed by atoms with E-state index in [0.717, 1.165) is 47.9 Å². The van der Waals surface area contributed by atoms with Crippen molar-refractivity contribution < 1.29 is 9.47 Å². The van der Waals surface area contributed by atoms with Crippen LogP contribution in [0.15, 0.2) is 12.1 Å². The van der Waals surface area contributed by atoms with Gasteiger partial charge in [0.25, 0.3) is 0 Å². The lowest BCUT2D eigenvalue weighted by molar-refractivity contribution is 0.172. The number of fused-ring (bicyclic) bond motifs is 2. The molecule has 3 rings (SSSR count). The quantitative estimate of drug-likeness (QED) is 0.769. The van der Waals surface area contributed by atoms with E-state index in [0.29, 0.717) is 13.2 Å². The second-order valence-corrected chi connectivity index (χ2v) is 5.40. The van der Waals surface area contributed by atoms with Gasteiger partial charge in [-0.3, -0.25) is 0 Å². The molecule has 0 amide bonds. The first-order chi connectivity index (χ1) is 10.4. The first kappa shape index (κ1) is 14.2. The molecule has 2 N–H and O–H groups in total. The van der Waals surface area contributed by atoms with E-state index in [1.165, 1.54) is 19.3 Å². The van der Waals surface area contributed by atoms with Crippen LogP contribution in [0, 0.1) is 0 Å². The van der Waals surface area contributed by atoms with E-state index in [2.05, 4.69) is 22.2 Å². The average molecular weight is 289 g/mol. The standard InChI is InChI=1S/C16H23N3O2/c1-2-3-4-6-17-7-5-16-18-12-10-14-15(11-13(12)19-16)21-9-8-20-14/h10-11,17H,2-9H2,1H3,(H,18,19). The van der Waals surface area contributed by atoms with Crippen LogP contribution >= 0.6 is 0 Å². The lowest BCUT2D eigenvalue weighted by Crippen LogP contribution is -2.18. The molecule has 0 atom stereocenters. The second kappa shape index (κ2) is 6.80. The Morgan fingerprint density at radius 2 is 1.95 bits per heavy atom. The Morgan fingerprint density at radius 3 is 2.76 bits per heavy atom. The number of hydrogen-bond acceptors (Lipinski definition) is 4. The van der Waals surface area contributed by atoms with Gasteiger partial charge in [-0.25, -0.2) is 4.98 Å². The van der Waals surface area contributed by atoms with E-state index in [4.69, 9.17) is 9.47 Å². The van der Waals surface area contributed by atoms with Gasteiger partial charge in [0, 0.05) is 25.1 Å². The molecular weight excluding hydrogens is 266 g/mol. The summed E-state index contributed by atoms with van der Waals surface area (Å²) in [5.41, 5.74) is 1.96. The highest BCUT2D eigenvalue weighted by Crippen LogP contribution is 2.33. The highest BCUT2D eigenvalue weighted by atomic mass is 16.6. The maximum atomic E-state index is 5.59. The van der Waals surface area contributed by atoms with Gasteiger partial charge in [0.15, 0.2) is 11.5 Å². The SMILES string of the molecule is CCCCCNCCc1nc2cc3c(cc2[nH]1)OCCO3. The molecule has 5 heteroatoms. The molecule has 0 radical (unpaired) electrons. The number of hydrogen-bond donors (Lipinski definition) is 2. The zero-order valence-electron chi connectivity index (χ0n) is 12.6. The molecule has 1 aliphatic rings. The van der Waals surface area contributed by atoms with Crippen molar-refractivity contribution >= 4 is 11.0 Å². The molecule has 2 aromatic rings. The molecule has 1 aromatic heterocycles. The number of rotatable bonds is 7. The van der Waals surface area contributed by atoms with Gasteiger partial charge in [-0.1, -0.05) is 19.8 Å². The summed E-state index contributed by atoms with van der Waals surface area (Å²) in [7, 11) is 0. The van der Waals surface area contributed by atoms with Gasteiger partial charge in [0.1, 0.15) is 19.0 Å². The molecule has 0 saturated heterocycles. The van der Waals surface area contributed by atoms with E-state index >= 15 is 0 Å². The Labute approximate surface area is 125 Å². The van der Waals surface area contributed by atoms with Gasteiger partial charge in [-0.2, -0.15) is 0 Å². The Kier molecular flexibility index (Phi) is 4.60. The van der Waals surface area contributed by atoms with E-state index in [1.807, 2.05) is 12.1 Å². The topological polar surface area (TPSA) is 59.2 Å². The summed E-state index contributed by atoms with van der Waals surface area (Å²) in [4.78, 5) is 7.98. The van der Waals surface area contributed by atoms with Gasteiger partial charge in [-0.05, 0) is 13.0 Å². The first-order valence-corrected chi connectivity index (χ1v) is 7.86. The summed E-state index contributed by atoms with van der Waals surface area (Å²) in [5, 5.41) is 3.46. The van der Waals surface area contributed by atoms with Crippen molar-refractivity contribution in [2.45, 2.75) is 32.6 Å². The van der Waals surface area contributed by atoms with Crippen LogP contribution < -0.4 is 14.8 Å². The highest BCUT2D eigenvalue weighted by molar-refractivity contribution is 5.79. The minimum absolute atomic E-state index is 0.609. The number of unbranched alkanes of at least 4 members (excludes halogenated alkanes) is 2. The Balaban J connectivity index is 1.59. The lowest BCUT2D eigenvalue weighted by Gasteiger charge is -2.17. The van der Waals surface area contributed by atoms with Gasteiger partial charge < -0.3 is 19.8 Å². The molecule has 21 heavy (non-hydrogen) atoms. The van der Waals surface area contributed by atoms with E-state index < -0.39 is 0 Å². The van der Waals surface area contributed by atoms with Crippen molar-refractivity contribution in [3.8, 4) is 11.5 Å². The number of imidazole rings is 1. The normalized spacial score (nSPS) is 13.8. The molecule has 2 heterocycles. The number of nitrogens with zero attached hydrogens (tertiary/aromatic N) is 1. The molecule has 0 fully saturated rings. The van der Waals surface area contributed by atoms with Crippen molar-refractivity contribution in [1.29, 1.82) is 0 Å². The molecule has 1 aromatic carbocycles. The third kappa shape index (κ3) is 3.47. The summed E-state index contributed by atoms with van der Waals surface area (Å²) < 4.78 is 11.2. The summed E-state index contributed by atoms with van der Waals surface area (Å²) in [6.45, 7) is 5.49. The van der Waals surface area contributed by atoms with Crippen molar-refractivity contribution in [2.24, 2.45) is 0 Å². The second-order valence-electron chi connectivity index (χ2n) is 5.40. The van der Waals surface area contributed by atoms with Crippen LogP contribution in [0.1, 0.15) is 32.0 Å². The molecule has 5 nitrogen and oxygen atoms in total. The number of ether oxygens (including phenoxy) is 2.